The number of benzene rings is 1. The minimum Gasteiger partial charge on any atom is -0.497 e. The maximum Gasteiger partial charge on any atom is 0.119 e. The Labute approximate surface area is 96.4 Å². The maximum atomic E-state index is 9.07. The van der Waals surface area contributed by atoms with Crippen LogP contribution in [0.1, 0.15) is 31.4 Å². The summed E-state index contributed by atoms with van der Waals surface area (Å²) in [7, 11) is 1.69. The van der Waals surface area contributed by atoms with Gasteiger partial charge in [-0.3, -0.25) is 0 Å². The quantitative estimate of drug-likeness (QED) is 0.753. The van der Waals surface area contributed by atoms with Gasteiger partial charge in [-0.1, -0.05) is 19.9 Å². The molecule has 16 heavy (non-hydrogen) atoms. The molecule has 0 saturated carbocycles. The molecule has 2 N–H and O–H groups in total. The Morgan fingerprint density at radius 2 is 2.19 bits per heavy atom. The number of fused-ring (bicyclic) bond motifs is 1. The molecule has 2 rings (SSSR count). The van der Waals surface area contributed by atoms with E-state index < -0.39 is 0 Å². The average Bonchev–Trinajstić information content (AvgIpc) is 2.27. The van der Waals surface area contributed by atoms with Crippen molar-refractivity contribution in [2.45, 2.75) is 38.1 Å². The highest BCUT2D eigenvalue weighted by Crippen LogP contribution is 2.38. The van der Waals surface area contributed by atoms with E-state index in [0.29, 0.717) is 0 Å². The Hall–Kier alpha value is -1.06. The molecule has 0 spiro atoms. The monoisotopic (exact) mass is 221 g/mol. The van der Waals surface area contributed by atoms with E-state index in [9.17, 15) is 0 Å². The van der Waals surface area contributed by atoms with E-state index >= 15 is 0 Å². The lowest BCUT2D eigenvalue weighted by Crippen LogP contribution is -2.40. The van der Waals surface area contributed by atoms with Crippen LogP contribution in [0, 0.1) is 0 Å². The zero-order valence-electron chi connectivity index (χ0n) is 10.1. The molecule has 0 amide bonds. The van der Waals surface area contributed by atoms with Crippen molar-refractivity contribution in [2.24, 2.45) is 0 Å². The number of methoxy groups -OCH3 is 1. The van der Waals surface area contributed by atoms with Crippen molar-refractivity contribution in [3.05, 3.63) is 29.3 Å². The Kier molecular flexibility index (Phi) is 2.91. The summed E-state index contributed by atoms with van der Waals surface area (Å²) in [4.78, 5) is 0. The normalized spacial score (nSPS) is 22.6. The van der Waals surface area contributed by atoms with Gasteiger partial charge in [0, 0.05) is 6.04 Å². The molecule has 1 aromatic rings. The van der Waals surface area contributed by atoms with Crippen molar-refractivity contribution in [3.8, 4) is 5.75 Å². The highest BCUT2D eigenvalue weighted by molar-refractivity contribution is 5.42. The van der Waals surface area contributed by atoms with Crippen LogP contribution in [0.15, 0.2) is 18.2 Å². The van der Waals surface area contributed by atoms with Crippen LogP contribution in [0.4, 0.5) is 0 Å². The molecular weight excluding hydrogens is 202 g/mol. The number of nitrogens with one attached hydrogen (secondary N) is 1. The van der Waals surface area contributed by atoms with Gasteiger partial charge in [0.15, 0.2) is 0 Å². The molecule has 0 aliphatic heterocycles. The van der Waals surface area contributed by atoms with Gasteiger partial charge >= 0.3 is 0 Å². The highest BCUT2D eigenvalue weighted by Gasteiger charge is 2.32. The molecule has 3 nitrogen and oxygen atoms in total. The van der Waals surface area contributed by atoms with E-state index in [1.807, 2.05) is 6.07 Å². The smallest absolute Gasteiger partial charge is 0.119 e. The van der Waals surface area contributed by atoms with Gasteiger partial charge in [0.2, 0.25) is 0 Å². The van der Waals surface area contributed by atoms with Gasteiger partial charge < -0.3 is 9.94 Å². The van der Waals surface area contributed by atoms with Crippen molar-refractivity contribution >= 4 is 0 Å². The topological polar surface area (TPSA) is 41.5 Å². The van der Waals surface area contributed by atoms with E-state index in [1.54, 1.807) is 7.11 Å². The van der Waals surface area contributed by atoms with Crippen LogP contribution in [0.5, 0.6) is 5.75 Å². The zero-order valence-corrected chi connectivity index (χ0v) is 10.1. The van der Waals surface area contributed by atoms with Crippen molar-refractivity contribution in [2.75, 3.05) is 7.11 Å². The van der Waals surface area contributed by atoms with E-state index in [0.717, 1.165) is 18.6 Å². The predicted octanol–water partition coefficient (Wildman–Crippen LogP) is 2.27. The van der Waals surface area contributed by atoms with E-state index in [-0.39, 0.29) is 11.5 Å². The second-order valence-corrected chi connectivity index (χ2v) is 5.14. The second-order valence-electron chi connectivity index (χ2n) is 5.14. The molecule has 0 aromatic heterocycles. The third-order valence-corrected chi connectivity index (χ3v) is 3.45. The van der Waals surface area contributed by atoms with Crippen LogP contribution in [-0.2, 0) is 11.8 Å². The maximum absolute atomic E-state index is 9.07. The highest BCUT2D eigenvalue weighted by atomic mass is 16.5. The zero-order chi connectivity index (χ0) is 11.8. The summed E-state index contributed by atoms with van der Waals surface area (Å²) in [6.07, 6.45) is 1.81. The fourth-order valence-electron chi connectivity index (χ4n) is 2.65. The van der Waals surface area contributed by atoms with Gasteiger partial charge in [-0.2, -0.15) is 0 Å². The Morgan fingerprint density at radius 1 is 1.44 bits per heavy atom. The van der Waals surface area contributed by atoms with Gasteiger partial charge in [0.05, 0.1) is 7.11 Å². The molecule has 0 fully saturated rings. The van der Waals surface area contributed by atoms with Crippen LogP contribution in [0.3, 0.4) is 0 Å². The van der Waals surface area contributed by atoms with Gasteiger partial charge in [0.1, 0.15) is 5.75 Å². The Morgan fingerprint density at radius 3 is 2.81 bits per heavy atom. The van der Waals surface area contributed by atoms with Crippen LogP contribution in [0.25, 0.3) is 0 Å². The van der Waals surface area contributed by atoms with Crippen molar-refractivity contribution in [1.29, 1.82) is 0 Å². The molecule has 1 atom stereocenters. The van der Waals surface area contributed by atoms with Crippen molar-refractivity contribution in [3.63, 3.8) is 0 Å². The molecule has 1 aliphatic carbocycles. The largest absolute Gasteiger partial charge is 0.497 e. The second kappa shape index (κ2) is 4.07. The summed E-state index contributed by atoms with van der Waals surface area (Å²) in [5.41, 5.74) is 5.10. The van der Waals surface area contributed by atoms with Crippen molar-refractivity contribution < 1.29 is 9.94 Å². The first-order chi connectivity index (χ1) is 7.56. The Balaban J connectivity index is 2.43. The molecule has 0 unspecified atom stereocenters. The number of ether oxygens (including phenoxy) is 1. The lowest BCUT2D eigenvalue weighted by Gasteiger charge is -2.37. The number of hydrogen-bond acceptors (Lipinski definition) is 3. The summed E-state index contributed by atoms with van der Waals surface area (Å²) in [5.74, 6) is 0.905. The minimum absolute atomic E-state index is 0.0719. The third kappa shape index (κ3) is 1.93. The molecule has 0 heterocycles. The number of hydroxylamine groups is 1. The summed E-state index contributed by atoms with van der Waals surface area (Å²) < 4.78 is 5.26. The fraction of sp³-hybridized carbons (Fsp3) is 0.538. The van der Waals surface area contributed by atoms with E-state index in [1.165, 1.54) is 11.1 Å². The number of hydrogen-bond donors (Lipinski definition) is 2. The van der Waals surface area contributed by atoms with E-state index in [2.05, 4.69) is 31.5 Å². The first-order valence-electron chi connectivity index (χ1n) is 5.64. The van der Waals surface area contributed by atoms with Crippen LogP contribution in [-0.4, -0.2) is 18.4 Å². The van der Waals surface area contributed by atoms with Crippen molar-refractivity contribution in [1.82, 2.24) is 5.48 Å². The lowest BCUT2D eigenvalue weighted by molar-refractivity contribution is 0.106. The molecule has 0 bridgehead atoms. The fourth-order valence-corrected chi connectivity index (χ4v) is 2.65. The summed E-state index contributed by atoms with van der Waals surface area (Å²) in [5, 5.41) is 9.07. The van der Waals surface area contributed by atoms with Gasteiger partial charge in [-0.25, -0.2) is 5.48 Å². The van der Waals surface area contributed by atoms with Gasteiger partial charge in [0.25, 0.3) is 0 Å². The third-order valence-electron chi connectivity index (χ3n) is 3.45. The Bertz CT molecular complexity index is 388. The first-order valence-corrected chi connectivity index (χ1v) is 5.64. The summed E-state index contributed by atoms with van der Waals surface area (Å²) in [6.45, 7) is 4.41. The van der Waals surface area contributed by atoms with Crippen LogP contribution < -0.4 is 10.2 Å². The molecule has 88 valence electrons. The SMILES string of the molecule is COc1ccc2c(c1)C(C)(C)C[C@@H](NO)C2. The molecule has 0 radical (unpaired) electrons. The van der Waals surface area contributed by atoms with Gasteiger partial charge in [-0.15, -0.1) is 0 Å². The van der Waals surface area contributed by atoms with E-state index in [4.69, 9.17) is 9.94 Å². The molecule has 1 aromatic carbocycles. The van der Waals surface area contributed by atoms with Gasteiger partial charge in [-0.05, 0) is 41.5 Å². The number of rotatable bonds is 2. The molecule has 3 heteroatoms. The molecule has 1 aliphatic rings. The molecular formula is C13H19NO2. The summed E-state index contributed by atoms with van der Waals surface area (Å²) >= 11 is 0. The summed E-state index contributed by atoms with van der Waals surface area (Å²) in [6, 6.07) is 6.34. The first kappa shape index (κ1) is 11.4. The predicted molar refractivity (Wildman–Crippen MR) is 63.1 cm³/mol. The van der Waals surface area contributed by atoms with Crippen LogP contribution >= 0.6 is 0 Å². The minimum atomic E-state index is 0.0719. The standard InChI is InChI=1S/C13H19NO2/c1-13(2)8-10(14-15)6-9-4-5-11(16-3)7-12(9)13/h4-5,7,10,14-15H,6,8H2,1-3H3/t10-/m0/s1. The lowest BCUT2D eigenvalue weighted by atomic mass is 9.71. The molecule has 0 saturated heterocycles. The average molecular weight is 221 g/mol. The van der Waals surface area contributed by atoms with Crippen LogP contribution in [0.2, 0.25) is 0 Å².